The molecule has 0 saturated carbocycles. The molecule has 1 aliphatic heterocycles. The van der Waals surface area contributed by atoms with Crippen LogP contribution in [0.1, 0.15) is 29.8 Å². The summed E-state index contributed by atoms with van der Waals surface area (Å²) in [5.41, 5.74) is 1.61. The van der Waals surface area contributed by atoms with E-state index < -0.39 is 29.9 Å². The monoisotopic (exact) mass is 402 g/mol. The second kappa shape index (κ2) is 7.52. The lowest BCUT2D eigenvalue weighted by Gasteiger charge is -2.36. The highest BCUT2D eigenvalue weighted by atomic mass is 35.5. The van der Waals surface area contributed by atoms with Crippen molar-refractivity contribution >= 4 is 40.8 Å². The number of carbonyl (C=O) groups excluding carboxylic acids is 2. The summed E-state index contributed by atoms with van der Waals surface area (Å²) in [6.07, 6.45) is -0.799. The molecule has 0 fully saturated rings. The van der Waals surface area contributed by atoms with Gasteiger partial charge < -0.3 is 15.2 Å². The Hall–Kier alpha value is -3.06. The fraction of sp³-hybridized carbons (Fsp3) is 0.250. The maximum absolute atomic E-state index is 12.8. The van der Waals surface area contributed by atoms with E-state index >= 15 is 0 Å². The second-order valence-electron chi connectivity index (χ2n) is 6.59. The van der Waals surface area contributed by atoms with Gasteiger partial charge in [-0.15, -0.1) is 0 Å². The number of carbonyl (C=O) groups is 3. The first kappa shape index (κ1) is 19.7. The van der Waals surface area contributed by atoms with Crippen molar-refractivity contribution in [1.29, 1.82) is 0 Å². The fourth-order valence-electron chi connectivity index (χ4n) is 2.93. The third-order valence-electron chi connectivity index (χ3n) is 4.56. The van der Waals surface area contributed by atoms with Crippen molar-refractivity contribution in [3.05, 3.63) is 52.5 Å². The topological polar surface area (TPSA) is 95.9 Å². The summed E-state index contributed by atoms with van der Waals surface area (Å²) >= 11 is 6.09. The number of ether oxygens (including phenoxy) is 1. The van der Waals surface area contributed by atoms with Crippen LogP contribution in [0.3, 0.4) is 0 Å². The summed E-state index contributed by atoms with van der Waals surface area (Å²) in [6, 6.07) is 8.42. The van der Waals surface area contributed by atoms with Crippen LogP contribution in [-0.4, -0.2) is 35.0 Å². The molecule has 2 N–H and O–H groups in total. The van der Waals surface area contributed by atoms with Crippen LogP contribution in [0.4, 0.5) is 11.4 Å². The largest absolute Gasteiger partial charge is 0.479 e. The molecule has 28 heavy (non-hydrogen) atoms. The number of hydrogen-bond donors (Lipinski definition) is 2. The first-order chi connectivity index (χ1) is 13.2. The third kappa shape index (κ3) is 3.66. The molecule has 0 aromatic heterocycles. The van der Waals surface area contributed by atoms with E-state index in [0.29, 0.717) is 16.5 Å². The molecule has 1 aliphatic rings. The van der Waals surface area contributed by atoms with Gasteiger partial charge in [0.15, 0.2) is 6.10 Å². The number of rotatable bonds is 4. The number of benzene rings is 2. The Morgan fingerprint density at radius 3 is 2.61 bits per heavy atom. The lowest BCUT2D eigenvalue weighted by Crippen LogP contribution is -2.52. The minimum Gasteiger partial charge on any atom is -0.479 e. The molecular weight excluding hydrogens is 384 g/mol. The molecular formula is C20H19ClN2O5. The van der Waals surface area contributed by atoms with Crippen LogP contribution < -0.4 is 15.0 Å². The SMILES string of the molecule is Cc1ccc(NC(=O)C(C)N2C(=O)C(C)Oc3ccc(C(=O)O)cc32)cc1Cl. The molecule has 2 aromatic carbocycles. The predicted octanol–water partition coefficient (Wildman–Crippen LogP) is 3.49. The zero-order chi connectivity index (χ0) is 20.6. The average molecular weight is 403 g/mol. The van der Waals surface area contributed by atoms with Gasteiger partial charge in [0.1, 0.15) is 11.8 Å². The summed E-state index contributed by atoms with van der Waals surface area (Å²) in [4.78, 5) is 38.1. The number of halogens is 1. The van der Waals surface area contributed by atoms with E-state index in [2.05, 4.69) is 5.32 Å². The summed E-state index contributed by atoms with van der Waals surface area (Å²) in [7, 11) is 0. The van der Waals surface area contributed by atoms with Gasteiger partial charge in [0.05, 0.1) is 11.3 Å². The summed E-state index contributed by atoms with van der Waals surface area (Å²) in [5.74, 6) is -1.66. The predicted molar refractivity (Wildman–Crippen MR) is 105 cm³/mol. The first-order valence-corrected chi connectivity index (χ1v) is 9.01. The van der Waals surface area contributed by atoms with Crippen LogP contribution in [0.15, 0.2) is 36.4 Å². The molecule has 2 amide bonds. The molecule has 8 heteroatoms. The highest BCUT2D eigenvalue weighted by molar-refractivity contribution is 6.31. The summed E-state index contributed by atoms with van der Waals surface area (Å²) < 4.78 is 5.55. The number of aryl methyl sites for hydroxylation is 1. The van der Waals surface area contributed by atoms with Gasteiger partial charge in [-0.3, -0.25) is 14.5 Å². The van der Waals surface area contributed by atoms with Gasteiger partial charge in [-0.05, 0) is 56.7 Å². The normalized spacial score (nSPS) is 16.8. The Balaban J connectivity index is 1.93. The van der Waals surface area contributed by atoms with E-state index in [1.807, 2.05) is 6.92 Å². The lowest BCUT2D eigenvalue weighted by molar-refractivity contribution is -0.128. The molecule has 0 aliphatic carbocycles. The van der Waals surface area contributed by atoms with Crippen molar-refractivity contribution < 1.29 is 24.2 Å². The van der Waals surface area contributed by atoms with E-state index in [-0.39, 0.29) is 11.3 Å². The van der Waals surface area contributed by atoms with Crippen LogP contribution in [-0.2, 0) is 9.59 Å². The molecule has 0 spiro atoms. The van der Waals surface area contributed by atoms with Crippen molar-refractivity contribution in [3.8, 4) is 5.75 Å². The lowest BCUT2D eigenvalue weighted by atomic mass is 10.1. The minimum atomic E-state index is -1.14. The maximum Gasteiger partial charge on any atom is 0.335 e. The Bertz CT molecular complexity index is 975. The van der Waals surface area contributed by atoms with Gasteiger partial charge >= 0.3 is 5.97 Å². The zero-order valence-corrected chi connectivity index (χ0v) is 16.3. The molecule has 2 aromatic rings. The molecule has 2 atom stereocenters. The zero-order valence-electron chi connectivity index (χ0n) is 15.5. The summed E-state index contributed by atoms with van der Waals surface area (Å²) in [5, 5.41) is 12.5. The van der Waals surface area contributed by atoms with Gasteiger partial charge in [-0.2, -0.15) is 0 Å². The number of fused-ring (bicyclic) bond motifs is 1. The van der Waals surface area contributed by atoms with E-state index in [0.717, 1.165) is 5.56 Å². The van der Waals surface area contributed by atoms with Crippen LogP contribution in [0.2, 0.25) is 5.02 Å². The molecule has 1 heterocycles. The van der Waals surface area contributed by atoms with Gasteiger partial charge in [-0.1, -0.05) is 17.7 Å². The smallest absolute Gasteiger partial charge is 0.335 e. The molecule has 146 valence electrons. The van der Waals surface area contributed by atoms with Gasteiger partial charge in [0, 0.05) is 10.7 Å². The minimum absolute atomic E-state index is 0.00683. The van der Waals surface area contributed by atoms with Crippen LogP contribution in [0.25, 0.3) is 0 Å². The van der Waals surface area contributed by atoms with Gasteiger partial charge in [-0.25, -0.2) is 4.79 Å². The van der Waals surface area contributed by atoms with Crippen LogP contribution in [0.5, 0.6) is 5.75 Å². The van der Waals surface area contributed by atoms with Gasteiger partial charge in [0.2, 0.25) is 5.91 Å². The van der Waals surface area contributed by atoms with Crippen LogP contribution in [0, 0.1) is 6.92 Å². The first-order valence-electron chi connectivity index (χ1n) is 8.63. The quantitative estimate of drug-likeness (QED) is 0.816. The Morgan fingerprint density at radius 1 is 1.25 bits per heavy atom. The third-order valence-corrected chi connectivity index (χ3v) is 4.97. The highest BCUT2D eigenvalue weighted by Gasteiger charge is 2.37. The Morgan fingerprint density at radius 2 is 1.96 bits per heavy atom. The average Bonchev–Trinajstić information content (AvgIpc) is 2.65. The Labute approximate surface area is 166 Å². The molecule has 7 nitrogen and oxygen atoms in total. The van der Waals surface area contributed by atoms with Crippen molar-refractivity contribution in [3.63, 3.8) is 0 Å². The van der Waals surface area contributed by atoms with E-state index in [1.165, 1.54) is 23.1 Å². The molecule has 3 rings (SSSR count). The van der Waals surface area contributed by atoms with Gasteiger partial charge in [0.25, 0.3) is 5.91 Å². The number of hydrogen-bond acceptors (Lipinski definition) is 4. The van der Waals surface area contributed by atoms with E-state index in [4.69, 9.17) is 16.3 Å². The van der Waals surface area contributed by atoms with Crippen LogP contribution >= 0.6 is 11.6 Å². The molecule has 2 unspecified atom stereocenters. The molecule has 0 bridgehead atoms. The molecule has 0 radical (unpaired) electrons. The standard InChI is InChI=1S/C20H19ClN2O5/c1-10-4-6-14(9-15(10)21)22-18(24)11(2)23-16-8-13(20(26)27)5-7-17(16)28-12(3)19(23)25/h4-9,11-12H,1-3H3,(H,22,24)(H,26,27). The number of nitrogens with one attached hydrogen (secondary N) is 1. The number of aromatic carboxylic acids is 1. The second-order valence-corrected chi connectivity index (χ2v) is 6.99. The number of amides is 2. The van der Waals surface area contributed by atoms with Crippen molar-refractivity contribution in [2.24, 2.45) is 0 Å². The van der Waals surface area contributed by atoms with Crippen molar-refractivity contribution in [2.75, 3.05) is 10.2 Å². The van der Waals surface area contributed by atoms with E-state index in [1.54, 1.807) is 32.0 Å². The van der Waals surface area contributed by atoms with Crippen molar-refractivity contribution in [2.45, 2.75) is 32.9 Å². The number of carboxylic acids is 1. The maximum atomic E-state index is 12.8. The number of nitrogens with zero attached hydrogens (tertiary/aromatic N) is 1. The number of carboxylic acid groups (broad SMARTS) is 1. The fourth-order valence-corrected chi connectivity index (χ4v) is 3.11. The van der Waals surface area contributed by atoms with Crippen molar-refractivity contribution in [1.82, 2.24) is 0 Å². The highest BCUT2D eigenvalue weighted by Crippen LogP contribution is 2.36. The van der Waals surface area contributed by atoms with E-state index in [9.17, 15) is 19.5 Å². The number of anilines is 2. The summed E-state index contributed by atoms with van der Waals surface area (Å²) in [6.45, 7) is 4.99. The Kier molecular flexibility index (Phi) is 5.29. The molecule has 0 saturated heterocycles.